The maximum absolute atomic E-state index is 12.4. The van der Waals surface area contributed by atoms with E-state index in [4.69, 9.17) is 0 Å². The normalized spacial score (nSPS) is 13.8. The molecule has 0 radical (unpaired) electrons. The van der Waals surface area contributed by atoms with E-state index < -0.39 is 18.2 Å². The maximum Gasteiger partial charge on any atom is 0.222 e. The molecule has 0 saturated heterocycles. The summed E-state index contributed by atoms with van der Waals surface area (Å²) < 4.78 is 0. The van der Waals surface area contributed by atoms with Crippen molar-refractivity contribution in [1.29, 1.82) is 0 Å². The lowest BCUT2D eigenvalue weighted by molar-refractivity contribution is -0.124. The van der Waals surface area contributed by atoms with E-state index in [1.54, 1.807) is 6.08 Å². The van der Waals surface area contributed by atoms with Crippen LogP contribution in [-0.4, -0.2) is 46.1 Å². The average molecular weight is 774 g/mol. The van der Waals surface area contributed by atoms with Crippen LogP contribution in [0.4, 0.5) is 0 Å². The number of amides is 1. The molecular formula is C50H95NO4. The fourth-order valence-electron chi connectivity index (χ4n) is 7.56. The van der Waals surface area contributed by atoms with Gasteiger partial charge >= 0.3 is 0 Å². The Morgan fingerprint density at radius 3 is 1.16 bits per heavy atom. The predicted molar refractivity (Wildman–Crippen MR) is 241 cm³/mol. The average Bonchev–Trinajstić information content (AvgIpc) is 3.18. The molecule has 0 saturated carbocycles. The Kier molecular flexibility index (Phi) is 44.1. The summed E-state index contributed by atoms with van der Waals surface area (Å²) in [6.45, 7) is 3.97. The van der Waals surface area contributed by atoms with Gasteiger partial charge in [-0.25, -0.2) is 0 Å². The fraction of sp³-hybridized carbons (Fsp3) is 0.860. The number of rotatable bonds is 44. The Morgan fingerprint density at radius 1 is 0.491 bits per heavy atom. The standard InChI is InChI=1S/C50H95NO4/c1-3-5-7-9-11-13-14-15-16-17-18-19-20-21-22-23-24-25-26-27-28-29-30-31-32-33-34-36-37-39-41-43-47(53)45-50(55)51-48(46-52)49(54)44-42-40-38-35-12-10-8-6-4-2/h4,6,12,35,42,44,47-49,52-54H,3,5,7-11,13-34,36-41,43,45-46H2,1-2H3,(H,51,55)/b6-4+,35-12+,44-42+. The first-order valence-corrected chi connectivity index (χ1v) is 24.2. The highest BCUT2D eigenvalue weighted by molar-refractivity contribution is 5.76. The number of nitrogens with one attached hydrogen (secondary N) is 1. The minimum absolute atomic E-state index is 0.00450. The van der Waals surface area contributed by atoms with Crippen molar-refractivity contribution in [2.75, 3.05) is 6.61 Å². The topological polar surface area (TPSA) is 89.8 Å². The Hall–Kier alpha value is -1.43. The van der Waals surface area contributed by atoms with Crippen molar-refractivity contribution in [3.63, 3.8) is 0 Å². The lowest BCUT2D eigenvalue weighted by atomic mass is 10.0. The van der Waals surface area contributed by atoms with Gasteiger partial charge < -0.3 is 20.6 Å². The van der Waals surface area contributed by atoms with E-state index in [9.17, 15) is 20.1 Å². The summed E-state index contributed by atoms with van der Waals surface area (Å²) >= 11 is 0. The summed E-state index contributed by atoms with van der Waals surface area (Å²) in [5.41, 5.74) is 0. The smallest absolute Gasteiger partial charge is 0.222 e. The van der Waals surface area contributed by atoms with Gasteiger partial charge in [0.05, 0.1) is 31.3 Å². The summed E-state index contributed by atoms with van der Waals surface area (Å²) in [4.78, 5) is 12.4. The van der Waals surface area contributed by atoms with Gasteiger partial charge in [0.25, 0.3) is 0 Å². The van der Waals surface area contributed by atoms with Gasteiger partial charge in [-0.1, -0.05) is 242 Å². The largest absolute Gasteiger partial charge is 0.394 e. The molecule has 0 aromatic carbocycles. The third-order valence-corrected chi connectivity index (χ3v) is 11.3. The van der Waals surface area contributed by atoms with Gasteiger partial charge in [0.2, 0.25) is 5.91 Å². The van der Waals surface area contributed by atoms with Crippen LogP contribution in [0.2, 0.25) is 0 Å². The first-order chi connectivity index (χ1) is 27.0. The van der Waals surface area contributed by atoms with Crippen molar-refractivity contribution in [1.82, 2.24) is 5.32 Å². The van der Waals surface area contributed by atoms with Crippen LogP contribution in [0.5, 0.6) is 0 Å². The number of unbranched alkanes of at least 4 members (excludes halogenated alkanes) is 32. The monoisotopic (exact) mass is 774 g/mol. The van der Waals surface area contributed by atoms with Crippen LogP contribution in [0, 0.1) is 0 Å². The summed E-state index contributed by atoms with van der Waals surface area (Å²) in [6, 6.07) is -0.763. The molecule has 5 heteroatoms. The Morgan fingerprint density at radius 2 is 0.818 bits per heavy atom. The van der Waals surface area contributed by atoms with Crippen LogP contribution in [0.25, 0.3) is 0 Å². The zero-order valence-corrected chi connectivity index (χ0v) is 36.8. The van der Waals surface area contributed by atoms with Crippen LogP contribution in [0.3, 0.4) is 0 Å². The minimum atomic E-state index is -0.956. The number of hydrogen-bond acceptors (Lipinski definition) is 4. The second-order valence-electron chi connectivity index (χ2n) is 16.7. The van der Waals surface area contributed by atoms with E-state index >= 15 is 0 Å². The summed E-state index contributed by atoms with van der Waals surface area (Å²) in [7, 11) is 0. The molecule has 3 unspecified atom stereocenters. The van der Waals surface area contributed by atoms with E-state index in [-0.39, 0.29) is 18.9 Å². The van der Waals surface area contributed by atoms with Crippen molar-refractivity contribution < 1.29 is 20.1 Å². The summed E-state index contributed by atoms with van der Waals surface area (Å²) in [6.07, 6.45) is 57.9. The zero-order chi connectivity index (χ0) is 40.1. The molecular weight excluding hydrogens is 679 g/mol. The lowest BCUT2D eigenvalue weighted by Crippen LogP contribution is -2.45. The quantitative estimate of drug-likeness (QED) is 0.0367. The fourth-order valence-corrected chi connectivity index (χ4v) is 7.56. The van der Waals surface area contributed by atoms with Crippen LogP contribution in [0.1, 0.15) is 251 Å². The predicted octanol–water partition coefficient (Wildman–Crippen LogP) is 14.3. The zero-order valence-electron chi connectivity index (χ0n) is 36.8. The van der Waals surface area contributed by atoms with E-state index in [0.29, 0.717) is 6.42 Å². The van der Waals surface area contributed by atoms with Crippen molar-refractivity contribution in [3.05, 3.63) is 36.5 Å². The van der Waals surface area contributed by atoms with Crippen molar-refractivity contribution in [2.24, 2.45) is 0 Å². The SMILES string of the molecule is C/C=C/CC/C=C/CC/C=C/C(O)C(CO)NC(=O)CC(O)CCCCCCCCCCCCCCCCCCCCCCCCCCCCCCCCC. The first-order valence-electron chi connectivity index (χ1n) is 24.2. The molecule has 55 heavy (non-hydrogen) atoms. The lowest BCUT2D eigenvalue weighted by Gasteiger charge is -2.21. The van der Waals surface area contributed by atoms with E-state index in [1.165, 1.54) is 186 Å². The van der Waals surface area contributed by atoms with Crippen LogP contribution >= 0.6 is 0 Å². The molecule has 3 atom stereocenters. The highest BCUT2D eigenvalue weighted by Crippen LogP contribution is 2.17. The number of aliphatic hydroxyl groups is 3. The molecule has 0 aliphatic heterocycles. The summed E-state index contributed by atoms with van der Waals surface area (Å²) in [5, 5.41) is 33.0. The van der Waals surface area contributed by atoms with Gasteiger partial charge in [-0.2, -0.15) is 0 Å². The van der Waals surface area contributed by atoms with Gasteiger partial charge in [0, 0.05) is 0 Å². The molecule has 0 aromatic rings. The summed E-state index contributed by atoms with van der Waals surface area (Å²) in [5.74, 6) is -0.330. The van der Waals surface area contributed by atoms with E-state index in [1.807, 2.05) is 13.0 Å². The first kappa shape index (κ1) is 53.6. The van der Waals surface area contributed by atoms with Gasteiger partial charge in [-0.15, -0.1) is 0 Å². The maximum atomic E-state index is 12.4. The van der Waals surface area contributed by atoms with Crippen molar-refractivity contribution in [3.8, 4) is 0 Å². The molecule has 0 spiro atoms. The van der Waals surface area contributed by atoms with Crippen LogP contribution < -0.4 is 5.32 Å². The van der Waals surface area contributed by atoms with Crippen molar-refractivity contribution >= 4 is 5.91 Å². The molecule has 0 bridgehead atoms. The Bertz CT molecular complexity index is 855. The van der Waals surface area contributed by atoms with E-state index in [0.717, 1.165) is 38.5 Å². The molecule has 0 aliphatic rings. The molecule has 0 aliphatic carbocycles. The third kappa shape index (κ3) is 42.0. The number of carbonyl (C=O) groups is 1. The van der Waals surface area contributed by atoms with Gasteiger partial charge in [-0.3, -0.25) is 4.79 Å². The van der Waals surface area contributed by atoms with Crippen LogP contribution in [0.15, 0.2) is 36.5 Å². The highest BCUT2D eigenvalue weighted by atomic mass is 16.3. The molecule has 0 rings (SSSR count). The second-order valence-corrected chi connectivity index (χ2v) is 16.7. The van der Waals surface area contributed by atoms with E-state index in [2.05, 4.69) is 36.5 Å². The molecule has 4 N–H and O–H groups in total. The third-order valence-electron chi connectivity index (χ3n) is 11.3. The Balaban J connectivity index is 3.45. The molecule has 324 valence electrons. The number of aliphatic hydroxyl groups excluding tert-OH is 3. The molecule has 0 fully saturated rings. The number of carbonyl (C=O) groups excluding carboxylic acids is 1. The van der Waals surface area contributed by atoms with Gasteiger partial charge in [0.15, 0.2) is 0 Å². The van der Waals surface area contributed by atoms with Gasteiger partial charge in [0.1, 0.15) is 0 Å². The molecule has 5 nitrogen and oxygen atoms in total. The second kappa shape index (κ2) is 45.3. The Labute approximate surface area is 343 Å². The van der Waals surface area contributed by atoms with Crippen molar-refractivity contribution in [2.45, 2.75) is 270 Å². The molecule has 1 amide bonds. The minimum Gasteiger partial charge on any atom is -0.394 e. The number of hydrogen-bond donors (Lipinski definition) is 4. The molecule has 0 heterocycles. The number of allylic oxidation sites excluding steroid dienone is 5. The highest BCUT2D eigenvalue weighted by Gasteiger charge is 2.20. The van der Waals surface area contributed by atoms with Gasteiger partial charge in [-0.05, 0) is 39.0 Å². The van der Waals surface area contributed by atoms with Crippen LogP contribution in [-0.2, 0) is 4.79 Å². The molecule has 0 aromatic heterocycles.